The molecule has 0 amide bonds. The lowest BCUT2D eigenvalue weighted by Crippen LogP contribution is -2.32. The molecule has 0 N–H and O–H groups in total. The fraction of sp³-hybridized carbons (Fsp3) is 0.375. The lowest BCUT2D eigenvalue weighted by molar-refractivity contribution is 0.184. The highest BCUT2D eigenvalue weighted by Gasteiger charge is 2.23. The topological polar surface area (TPSA) is 42.2 Å². The first-order valence-electron chi connectivity index (χ1n) is 7.36. The quantitative estimate of drug-likeness (QED) is 0.740. The number of benzene rings is 1. The number of hydrogen-bond donors (Lipinski definition) is 0. The van der Waals surface area contributed by atoms with E-state index in [1.807, 2.05) is 17.4 Å². The van der Waals surface area contributed by atoms with E-state index in [2.05, 4.69) is 34.3 Å². The summed E-state index contributed by atoms with van der Waals surface area (Å²) in [6.45, 7) is 3.06. The van der Waals surface area contributed by atoms with Gasteiger partial charge in [0.05, 0.1) is 28.0 Å². The predicted octanol–water partition coefficient (Wildman–Crippen LogP) is 3.66. The highest BCUT2D eigenvalue weighted by molar-refractivity contribution is 7.18. The van der Waals surface area contributed by atoms with Gasteiger partial charge in [-0.05, 0) is 38.1 Å². The van der Waals surface area contributed by atoms with Crippen molar-refractivity contribution >= 4 is 21.6 Å². The van der Waals surface area contributed by atoms with Crippen LogP contribution >= 0.6 is 11.3 Å². The van der Waals surface area contributed by atoms with E-state index in [0.29, 0.717) is 5.92 Å². The maximum Gasteiger partial charge on any atom is 0.150 e. The van der Waals surface area contributed by atoms with Crippen LogP contribution in [0.5, 0.6) is 0 Å². The van der Waals surface area contributed by atoms with Crippen molar-refractivity contribution in [3.05, 3.63) is 47.3 Å². The third-order valence-electron chi connectivity index (χ3n) is 4.12. The Morgan fingerprint density at radius 1 is 1.19 bits per heavy atom. The molecule has 0 saturated carbocycles. The van der Waals surface area contributed by atoms with E-state index in [1.54, 1.807) is 6.20 Å². The van der Waals surface area contributed by atoms with Crippen molar-refractivity contribution < 1.29 is 4.52 Å². The molecule has 3 heterocycles. The number of fused-ring (bicyclic) bond motifs is 1. The zero-order chi connectivity index (χ0) is 14.1. The van der Waals surface area contributed by atoms with Gasteiger partial charge in [0, 0.05) is 12.0 Å². The van der Waals surface area contributed by atoms with Crippen LogP contribution in [0, 0.1) is 0 Å². The fourth-order valence-corrected chi connectivity index (χ4v) is 4.08. The highest BCUT2D eigenvalue weighted by Crippen LogP contribution is 2.34. The van der Waals surface area contributed by atoms with E-state index in [4.69, 9.17) is 9.51 Å². The number of nitrogens with zero attached hydrogens (tertiary/aromatic N) is 3. The lowest BCUT2D eigenvalue weighted by atomic mass is 9.97. The Morgan fingerprint density at radius 2 is 2.05 bits per heavy atom. The molecule has 4 nitrogen and oxygen atoms in total. The maximum atomic E-state index is 5.19. The molecule has 4 rings (SSSR count). The predicted molar refractivity (Wildman–Crippen MR) is 83.4 cm³/mol. The molecule has 0 spiro atoms. The van der Waals surface area contributed by atoms with Gasteiger partial charge in [-0.15, -0.1) is 11.3 Å². The molecule has 0 bridgehead atoms. The number of piperidine rings is 1. The zero-order valence-corrected chi connectivity index (χ0v) is 12.6. The molecule has 1 aliphatic heterocycles. The maximum absolute atomic E-state index is 5.19. The minimum atomic E-state index is 0.605. The van der Waals surface area contributed by atoms with Crippen molar-refractivity contribution in [1.29, 1.82) is 0 Å². The number of likely N-dealkylation sites (tertiary alicyclic amines) is 1. The second-order valence-electron chi connectivity index (χ2n) is 5.55. The first kappa shape index (κ1) is 13.0. The molecule has 0 radical (unpaired) electrons. The highest BCUT2D eigenvalue weighted by atomic mass is 32.1. The summed E-state index contributed by atoms with van der Waals surface area (Å²) in [6, 6.07) is 10.4. The molecular formula is C16H17N3OS. The number of aromatic nitrogens is 2. The minimum Gasteiger partial charge on any atom is -0.360 e. The van der Waals surface area contributed by atoms with E-state index in [0.717, 1.165) is 30.9 Å². The summed E-state index contributed by atoms with van der Waals surface area (Å²) in [5, 5.41) is 5.07. The molecule has 5 heteroatoms. The number of para-hydroxylation sites is 1. The largest absolute Gasteiger partial charge is 0.360 e. The van der Waals surface area contributed by atoms with Gasteiger partial charge in [0.2, 0.25) is 0 Å². The molecule has 1 aliphatic rings. The summed E-state index contributed by atoms with van der Waals surface area (Å²) in [7, 11) is 0. The van der Waals surface area contributed by atoms with Crippen LogP contribution < -0.4 is 0 Å². The van der Waals surface area contributed by atoms with E-state index >= 15 is 0 Å². The minimum absolute atomic E-state index is 0.605. The summed E-state index contributed by atoms with van der Waals surface area (Å²) >= 11 is 1.85. The van der Waals surface area contributed by atoms with Crippen LogP contribution in [0.4, 0.5) is 0 Å². The molecule has 1 saturated heterocycles. The Balaban J connectivity index is 1.42. The molecule has 0 aliphatic carbocycles. The van der Waals surface area contributed by atoms with Crippen LogP contribution in [0.25, 0.3) is 10.2 Å². The summed E-state index contributed by atoms with van der Waals surface area (Å²) in [4.78, 5) is 7.24. The summed E-state index contributed by atoms with van der Waals surface area (Å²) in [6.07, 6.45) is 4.06. The summed E-state index contributed by atoms with van der Waals surface area (Å²) < 4.78 is 6.49. The third-order valence-corrected chi connectivity index (χ3v) is 5.32. The Kier molecular flexibility index (Phi) is 3.45. The van der Waals surface area contributed by atoms with E-state index in [-0.39, 0.29) is 0 Å². The molecule has 0 unspecified atom stereocenters. The average Bonchev–Trinajstić information content (AvgIpc) is 3.16. The molecular weight excluding hydrogens is 282 g/mol. The smallest absolute Gasteiger partial charge is 0.150 e. The van der Waals surface area contributed by atoms with Crippen LogP contribution in [0.15, 0.2) is 41.1 Å². The monoisotopic (exact) mass is 299 g/mol. The Hall–Kier alpha value is -1.72. The standard InChI is InChI=1S/C16H17N3OS/c1-2-4-15-14(3-1)18-16(21-15)12-6-9-19(10-7-12)11-13-5-8-17-20-13/h1-5,8,12H,6-7,9-11H2. The van der Waals surface area contributed by atoms with Gasteiger partial charge >= 0.3 is 0 Å². The van der Waals surface area contributed by atoms with Gasteiger partial charge in [0.1, 0.15) is 0 Å². The number of rotatable bonds is 3. The summed E-state index contributed by atoms with van der Waals surface area (Å²) in [5.41, 5.74) is 1.14. The van der Waals surface area contributed by atoms with Gasteiger partial charge in [-0.2, -0.15) is 0 Å². The number of thiazole rings is 1. The van der Waals surface area contributed by atoms with Crippen LogP contribution in [-0.2, 0) is 6.54 Å². The van der Waals surface area contributed by atoms with Crippen molar-refractivity contribution in [2.75, 3.05) is 13.1 Å². The SMILES string of the molecule is c1ccc2sc(C3CCN(Cc4ccno4)CC3)nc2c1. The van der Waals surface area contributed by atoms with Crippen LogP contribution in [0.3, 0.4) is 0 Å². The zero-order valence-electron chi connectivity index (χ0n) is 11.7. The van der Waals surface area contributed by atoms with E-state index in [1.165, 1.54) is 22.5 Å². The first-order chi connectivity index (χ1) is 10.4. The number of hydrogen-bond acceptors (Lipinski definition) is 5. The van der Waals surface area contributed by atoms with Crippen LogP contribution in [0.1, 0.15) is 29.5 Å². The second kappa shape index (κ2) is 5.58. The van der Waals surface area contributed by atoms with E-state index in [9.17, 15) is 0 Å². The average molecular weight is 299 g/mol. The second-order valence-corrected chi connectivity index (χ2v) is 6.61. The molecule has 1 fully saturated rings. The molecule has 3 aromatic rings. The van der Waals surface area contributed by atoms with Gasteiger partial charge in [-0.3, -0.25) is 4.90 Å². The van der Waals surface area contributed by atoms with Crippen LogP contribution in [0.2, 0.25) is 0 Å². The van der Waals surface area contributed by atoms with Gasteiger partial charge in [-0.1, -0.05) is 17.3 Å². The van der Waals surface area contributed by atoms with Crippen molar-refractivity contribution in [3.8, 4) is 0 Å². The Bertz CT molecular complexity index is 681. The molecule has 21 heavy (non-hydrogen) atoms. The van der Waals surface area contributed by atoms with Crippen molar-refractivity contribution in [3.63, 3.8) is 0 Å². The molecule has 2 aromatic heterocycles. The van der Waals surface area contributed by atoms with E-state index < -0.39 is 0 Å². The molecule has 108 valence electrons. The normalized spacial score (nSPS) is 17.5. The van der Waals surface area contributed by atoms with Gasteiger partial charge in [0.25, 0.3) is 0 Å². The summed E-state index contributed by atoms with van der Waals surface area (Å²) in [5.74, 6) is 1.56. The van der Waals surface area contributed by atoms with Crippen molar-refractivity contribution in [2.45, 2.75) is 25.3 Å². The van der Waals surface area contributed by atoms with Gasteiger partial charge < -0.3 is 4.52 Å². The first-order valence-corrected chi connectivity index (χ1v) is 8.17. The fourth-order valence-electron chi connectivity index (χ4n) is 2.95. The van der Waals surface area contributed by atoms with Crippen molar-refractivity contribution in [2.24, 2.45) is 0 Å². The molecule has 1 aromatic carbocycles. The van der Waals surface area contributed by atoms with Gasteiger partial charge in [0.15, 0.2) is 5.76 Å². The van der Waals surface area contributed by atoms with Crippen LogP contribution in [-0.4, -0.2) is 28.1 Å². The van der Waals surface area contributed by atoms with Gasteiger partial charge in [-0.25, -0.2) is 4.98 Å². The Labute approximate surface area is 127 Å². The molecule has 0 atom stereocenters. The third kappa shape index (κ3) is 2.71. The van der Waals surface area contributed by atoms with Crippen molar-refractivity contribution in [1.82, 2.24) is 15.0 Å². The lowest BCUT2D eigenvalue weighted by Gasteiger charge is -2.30. The Morgan fingerprint density at radius 3 is 2.81 bits per heavy atom.